The van der Waals surface area contributed by atoms with Gasteiger partial charge in [0, 0.05) is 0 Å². The molecule has 0 radical (unpaired) electrons. The fraction of sp³-hybridized carbons (Fsp3) is 0. The Bertz CT molecular complexity index is 1420. The normalized spacial score (nSPS) is 13.7. The molecule has 2 aliphatic rings. The van der Waals surface area contributed by atoms with Crippen LogP contribution in [0.2, 0.25) is 0 Å². The van der Waals surface area contributed by atoms with Crippen molar-refractivity contribution in [2.45, 2.75) is 0 Å². The van der Waals surface area contributed by atoms with Crippen molar-refractivity contribution in [3.8, 4) is 5.69 Å². The monoisotopic (exact) mass is 407 g/mol. The number of nitrogens with zero attached hydrogens (tertiary/aromatic N) is 1. The molecule has 124 valence electrons. The van der Waals surface area contributed by atoms with Crippen LogP contribution in [0.3, 0.4) is 0 Å². The summed E-state index contributed by atoms with van der Waals surface area (Å²) in [6.07, 6.45) is 0. The minimum atomic E-state index is 0.350. The van der Waals surface area contributed by atoms with Gasteiger partial charge in [0.15, 0.2) is 0 Å². The van der Waals surface area contributed by atoms with Crippen molar-refractivity contribution >= 4 is 68.8 Å². The Morgan fingerprint density at radius 2 is 1.37 bits per heavy atom. The zero-order valence-corrected chi connectivity index (χ0v) is 16.2. The Labute approximate surface area is 163 Å². The van der Waals surface area contributed by atoms with Gasteiger partial charge in [-0.15, -0.1) is 0 Å². The van der Waals surface area contributed by atoms with Crippen molar-refractivity contribution in [2.24, 2.45) is 0 Å². The van der Waals surface area contributed by atoms with Crippen LogP contribution in [-0.4, -0.2) is 26.2 Å². The molecule has 0 amide bonds. The molecule has 0 fully saturated rings. The van der Waals surface area contributed by atoms with Gasteiger partial charge in [0.05, 0.1) is 0 Å². The number of fused-ring (bicyclic) bond motifs is 7. The number of hydrogen-bond acceptors (Lipinski definition) is 0. The van der Waals surface area contributed by atoms with E-state index in [9.17, 15) is 0 Å². The molecule has 0 spiro atoms. The van der Waals surface area contributed by atoms with Gasteiger partial charge in [-0.05, 0) is 0 Å². The van der Waals surface area contributed by atoms with Crippen LogP contribution in [0.25, 0.3) is 27.5 Å². The van der Waals surface area contributed by atoms with Crippen LogP contribution in [0.4, 0.5) is 0 Å². The molecule has 0 unspecified atom stereocenters. The molecule has 5 aromatic rings. The summed E-state index contributed by atoms with van der Waals surface area (Å²) in [5.74, 6) is 0. The van der Waals surface area contributed by atoms with E-state index in [-0.39, 0.29) is 0 Å². The van der Waals surface area contributed by atoms with Crippen molar-refractivity contribution < 1.29 is 0 Å². The van der Waals surface area contributed by atoms with Gasteiger partial charge in [-0.1, -0.05) is 0 Å². The molecule has 1 nitrogen and oxygen atoms in total. The maximum absolute atomic E-state index is 2.51. The first-order chi connectivity index (χ1) is 13.4. The molecule has 0 saturated carbocycles. The Morgan fingerprint density at radius 3 is 2.37 bits per heavy atom. The fourth-order valence-electron chi connectivity index (χ4n) is 5.04. The van der Waals surface area contributed by atoms with Gasteiger partial charge in [0.25, 0.3) is 0 Å². The SMILES string of the molecule is c1ccc2c(c1)[Se]c1cccc3c1B2c1cccc2c4ccccc4n-3c12. The number of aromatic nitrogens is 1. The van der Waals surface area contributed by atoms with Crippen LogP contribution < -0.4 is 25.3 Å². The second-order valence-electron chi connectivity index (χ2n) is 7.36. The number of hydrogen-bond donors (Lipinski definition) is 0. The Morgan fingerprint density at radius 1 is 0.630 bits per heavy atom. The van der Waals surface area contributed by atoms with Gasteiger partial charge in [0.1, 0.15) is 0 Å². The van der Waals surface area contributed by atoms with Crippen LogP contribution in [0.5, 0.6) is 0 Å². The van der Waals surface area contributed by atoms with Crippen molar-refractivity contribution in [2.75, 3.05) is 0 Å². The predicted molar refractivity (Wildman–Crippen MR) is 117 cm³/mol. The molecular formula is C24H14BNSe. The van der Waals surface area contributed by atoms with E-state index in [1.165, 1.54) is 52.8 Å². The van der Waals surface area contributed by atoms with Crippen LogP contribution in [0.1, 0.15) is 0 Å². The maximum atomic E-state index is 2.51. The summed E-state index contributed by atoms with van der Waals surface area (Å²) < 4.78 is 5.57. The van der Waals surface area contributed by atoms with Crippen LogP contribution >= 0.6 is 0 Å². The molecule has 0 bridgehead atoms. The molecule has 3 heteroatoms. The van der Waals surface area contributed by atoms with Gasteiger partial charge in [-0.3, -0.25) is 0 Å². The third-order valence-electron chi connectivity index (χ3n) is 6.06. The molecule has 0 saturated heterocycles. The second kappa shape index (κ2) is 4.95. The van der Waals surface area contributed by atoms with E-state index in [0.717, 1.165) is 0 Å². The van der Waals surface area contributed by atoms with E-state index in [1.54, 1.807) is 0 Å². The van der Waals surface area contributed by atoms with E-state index < -0.39 is 0 Å². The standard InChI is InChI=1S/C24H14BNSe/c1-3-11-19-15(7-1)16-8-5-10-18-24(16)26(19)20-12-6-14-22-23(20)25(18)17-9-2-4-13-21(17)27-22/h1-14H. The first-order valence-corrected chi connectivity index (χ1v) is 11.1. The third kappa shape index (κ3) is 1.67. The van der Waals surface area contributed by atoms with Crippen LogP contribution in [-0.2, 0) is 0 Å². The van der Waals surface area contributed by atoms with Gasteiger partial charge in [0.2, 0.25) is 0 Å². The Kier molecular flexibility index (Phi) is 2.63. The first kappa shape index (κ1) is 14.3. The predicted octanol–water partition coefficient (Wildman–Crippen LogP) is 1.58. The minimum absolute atomic E-state index is 0.350. The van der Waals surface area contributed by atoms with Crippen molar-refractivity contribution in [3.05, 3.63) is 84.9 Å². The van der Waals surface area contributed by atoms with Gasteiger partial charge in [-0.2, -0.15) is 0 Å². The van der Waals surface area contributed by atoms with Gasteiger partial charge >= 0.3 is 164 Å². The molecule has 1 aromatic heterocycles. The summed E-state index contributed by atoms with van der Waals surface area (Å²) in [6, 6.07) is 31.7. The number of para-hydroxylation sites is 2. The zero-order chi connectivity index (χ0) is 17.5. The van der Waals surface area contributed by atoms with E-state index in [2.05, 4.69) is 89.5 Å². The van der Waals surface area contributed by atoms with Crippen LogP contribution in [0, 0.1) is 0 Å². The molecule has 0 atom stereocenters. The average molecular weight is 406 g/mol. The first-order valence-electron chi connectivity index (χ1n) is 9.34. The average Bonchev–Trinajstić information content (AvgIpc) is 3.07. The quantitative estimate of drug-likeness (QED) is 0.337. The fourth-order valence-corrected chi connectivity index (χ4v) is 7.49. The van der Waals surface area contributed by atoms with Crippen molar-refractivity contribution in [1.82, 2.24) is 4.57 Å². The third-order valence-corrected chi connectivity index (χ3v) is 8.51. The number of benzene rings is 4. The summed E-state index contributed by atoms with van der Waals surface area (Å²) in [5.41, 5.74) is 8.56. The van der Waals surface area contributed by atoms with Crippen molar-refractivity contribution in [3.63, 3.8) is 0 Å². The summed E-state index contributed by atoms with van der Waals surface area (Å²) in [6.45, 7) is 0.350. The van der Waals surface area contributed by atoms with Crippen LogP contribution in [0.15, 0.2) is 84.9 Å². The summed E-state index contributed by atoms with van der Waals surface area (Å²) >= 11 is 0.368. The molecular weight excluding hydrogens is 392 g/mol. The second-order valence-corrected chi connectivity index (χ2v) is 9.63. The molecule has 3 heterocycles. The van der Waals surface area contributed by atoms with E-state index in [4.69, 9.17) is 0 Å². The molecule has 27 heavy (non-hydrogen) atoms. The molecule has 4 aromatic carbocycles. The van der Waals surface area contributed by atoms with E-state index in [0.29, 0.717) is 21.7 Å². The molecule has 7 rings (SSSR count). The zero-order valence-electron chi connectivity index (χ0n) is 14.5. The Hall–Kier alpha value is -2.74. The number of rotatable bonds is 0. The van der Waals surface area contributed by atoms with Gasteiger partial charge < -0.3 is 0 Å². The van der Waals surface area contributed by atoms with E-state index >= 15 is 0 Å². The summed E-state index contributed by atoms with van der Waals surface area (Å²) in [4.78, 5) is 0. The van der Waals surface area contributed by atoms with Crippen molar-refractivity contribution in [1.29, 1.82) is 0 Å². The van der Waals surface area contributed by atoms with E-state index in [1.807, 2.05) is 0 Å². The topological polar surface area (TPSA) is 4.93 Å². The summed E-state index contributed by atoms with van der Waals surface area (Å²) in [7, 11) is 0. The molecule has 0 N–H and O–H groups in total. The molecule has 0 aliphatic carbocycles. The molecule has 2 aliphatic heterocycles. The van der Waals surface area contributed by atoms with Gasteiger partial charge in [-0.25, -0.2) is 0 Å². The Balaban J connectivity index is 1.76. The summed E-state index contributed by atoms with van der Waals surface area (Å²) in [5, 5.41) is 2.72.